The second-order valence-electron chi connectivity index (χ2n) is 5.36. The first-order chi connectivity index (χ1) is 10.9. The van der Waals surface area contributed by atoms with Gasteiger partial charge in [0.1, 0.15) is 5.75 Å². The van der Waals surface area contributed by atoms with E-state index >= 15 is 0 Å². The zero-order chi connectivity index (χ0) is 16.8. The number of carboxylic acid groups (broad SMARTS) is 1. The van der Waals surface area contributed by atoms with Crippen molar-refractivity contribution < 1.29 is 28.2 Å². The van der Waals surface area contributed by atoms with Gasteiger partial charge >= 0.3 is 12.6 Å². The van der Waals surface area contributed by atoms with E-state index in [9.17, 15) is 18.4 Å². The van der Waals surface area contributed by atoms with E-state index in [4.69, 9.17) is 5.11 Å². The van der Waals surface area contributed by atoms with Crippen LogP contribution in [0.1, 0.15) is 12.0 Å². The number of ether oxygens (including phenoxy) is 1. The van der Waals surface area contributed by atoms with Gasteiger partial charge in [-0.15, -0.1) is 12.4 Å². The summed E-state index contributed by atoms with van der Waals surface area (Å²) in [5.41, 5.74) is 0.754. The quantitative estimate of drug-likeness (QED) is 0.770. The molecule has 1 aromatic carbocycles. The lowest BCUT2D eigenvalue weighted by Gasteiger charge is -2.14. The van der Waals surface area contributed by atoms with Crippen LogP contribution in [0.2, 0.25) is 0 Å². The van der Waals surface area contributed by atoms with Gasteiger partial charge in [-0.05, 0) is 30.7 Å². The van der Waals surface area contributed by atoms with Crippen molar-refractivity contribution in [1.29, 1.82) is 0 Å². The molecule has 1 heterocycles. The Morgan fingerprint density at radius 3 is 2.54 bits per heavy atom. The van der Waals surface area contributed by atoms with Gasteiger partial charge in [0.25, 0.3) is 0 Å². The average molecular weight is 365 g/mol. The van der Waals surface area contributed by atoms with Crippen molar-refractivity contribution in [2.75, 3.05) is 19.6 Å². The van der Waals surface area contributed by atoms with Crippen LogP contribution in [0, 0.1) is 5.92 Å². The van der Waals surface area contributed by atoms with Crippen LogP contribution in [0.25, 0.3) is 0 Å². The van der Waals surface area contributed by atoms with Crippen LogP contribution in [0.5, 0.6) is 5.75 Å². The fraction of sp³-hybridized carbons (Fsp3) is 0.467. The van der Waals surface area contributed by atoms with E-state index in [1.165, 1.54) is 12.1 Å². The summed E-state index contributed by atoms with van der Waals surface area (Å²) in [5.74, 6) is -1.39. The molecule has 1 atom stereocenters. The molecule has 1 aromatic rings. The van der Waals surface area contributed by atoms with Gasteiger partial charge in [-0.2, -0.15) is 8.78 Å². The van der Waals surface area contributed by atoms with E-state index in [-0.39, 0.29) is 37.2 Å². The molecular weight excluding hydrogens is 346 g/mol. The van der Waals surface area contributed by atoms with Crippen LogP contribution >= 0.6 is 12.4 Å². The maximum absolute atomic E-state index is 12.0. The van der Waals surface area contributed by atoms with E-state index in [1.54, 1.807) is 17.0 Å². The second-order valence-corrected chi connectivity index (χ2v) is 5.36. The summed E-state index contributed by atoms with van der Waals surface area (Å²) in [6, 6.07) is 6.00. The molecule has 24 heavy (non-hydrogen) atoms. The maximum Gasteiger partial charge on any atom is 0.387 e. The lowest BCUT2D eigenvalue weighted by Crippen LogP contribution is -2.36. The fourth-order valence-electron chi connectivity index (χ4n) is 2.43. The third-order valence-corrected chi connectivity index (χ3v) is 3.63. The minimum Gasteiger partial charge on any atom is -0.481 e. The van der Waals surface area contributed by atoms with Gasteiger partial charge in [0.05, 0.1) is 12.5 Å². The third-order valence-electron chi connectivity index (χ3n) is 3.63. The Bertz CT molecular complexity index is 557. The highest BCUT2D eigenvalue weighted by Gasteiger charge is 2.28. The predicted octanol–water partition coefficient (Wildman–Crippen LogP) is 1.73. The molecule has 1 fully saturated rings. The minimum atomic E-state index is -2.87. The average Bonchev–Trinajstić information content (AvgIpc) is 2.95. The summed E-state index contributed by atoms with van der Waals surface area (Å²) in [4.78, 5) is 24.5. The molecule has 1 aliphatic rings. The molecule has 0 bridgehead atoms. The third kappa shape index (κ3) is 6.29. The van der Waals surface area contributed by atoms with Crippen LogP contribution in [-0.2, 0) is 16.1 Å². The first-order valence-corrected chi connectivity index (χ1v) is 7.19. The molecule has 134 valence electrons. The van der Waals surface area contributed by atoms with Gasteiger partial charge < -0.3 is 15.2 Å². The molecule has 0 aliphatic carbocycles. The van der Waals surface area contributed by atoms with Gasteiger partial charge in [0.15, 0.2) is 0 Å². The van der Waals surface area contributed by atoms with E-state index in [1.807, 2.05) is 0 Å². The highest BCUT2D eigenvalue weighted by molar-refractivity contribution is 5.85. The molecule has 0 radical (unpaired) electrons. The minimum absolute atomic E-state index is 0. The molecule has 2 N–H and O–H groups in total. The van der Waals surface area contributed by atoms with Gasteiger partial charge in [0, 0.05) is 13.1 Å². The zero-order valence-corrected chi connectivity index (χ0v) is 13.6. The Labute approximate surface area is 144 Å². The lowest BCUT2D eigenvalue weighted by molar-refractivity contribution is -0.141. The Morgan fingerprint density at radius 1 is 1.33 bits per heavy atom. The van der Waals surface area contributed by atoms with Crippen molar-refractivity contribution in [3.05, 3.63) is 29.8 Å². The lowest BCUT2D eigenvalue weighted by atomic mass is 10.1. The number of carbonyl (C=O) groups is 2. The Balaban J connectivity index is 0.00000288. The first kappa shape index (κ1) is 20.1. The number of carboxylic acids is 1. The van der Waals surface area contributed by atoms with Gasteiger partial charge in [-0.3, -0.25) is 14.5 Å². The molecule has 6 nitrogen and oxygen atoms in total. The number of hydrogen-bond donors (Lipinski definition) is 2. The topological polar surface area (TPSA) is 78.9 Å². The van der Waals surface area contributed by atoms with Crippen molar-refractivity contribution in [3.63, 3.8) is 0 Å². The Hall–Kier alpha value is -1.93. The van der Waals surface area contributed by atoms with Gasteiger partial charge in [-0.25, -0.2) is 0 Å². The van der Waals surface area contributed by atoms with E-state index in [2.05, 4.69) is 10.1 Å². The van der Waals surface area contributed by atoms with Crippen molar-refractivity contribution in [1.82, 2.24) is 10.2 Å². The number of alkyl halides is 2. The largest absolute Gasteiger partial charge is 0.481 e. The number of benzene rings is 1. The Morgan fingerprint density at radius 2 is 2.00 bits per heavy atom. The molecular formula is C15H19ClF2N2O4. The maximum atomic E-state index is 12.0. The number of nitrogens with one attached hydrogen (secondary N) is 1. The number of aliphatic carboxylic acids is 1. The van der Waals surface area contributed by atoms with Crippen LogP contribution < -0.4 is 10.1 Å². The van der Waals surface area contributed by atoms with Gasteiger partial charge in [-0.1, -0.05) is 12.1 Å². The number of likely N-dealkylation sites (tertiary alicyclic amines) is 1. The molecule has 0 saturated carbocycles. The molecule has 1 aliphatic heterocycles. The smallest absolute Gasteiger partial charge is 0.387 e. The molecule has 1 unspecified atom stereocenters. The molecule has 1 saturated heterocycles. The summed E-state index contributed by atoms with van der Waals surface area (Å²) in [5, 5.41) is 11.6. The number of hydrogen-bond acceptors (Lipinski definition) is 4. The number of rotatable bonds is 7. The Kier molecular flexibility index (Phi) is 7.87. The van der Waals surface area contributed by atoms with Crippen molar-refractivity contribution >= 4 is 24.3 Å². The van der Waals surface area contributed by atoms with Crippen molar-refractivity contribution in [3.8, 4) is 5.75 Å². The van der Waals surface area contributed by atoms with Crippen molar-refractivity contribution in [2.24, 2.45) is 5.92 Å². The zero-order valence-electron chi connectivity index (χ0n) is 12.8. The fourth-order valence-corrected chi connectivity index (χ4v) is 2.43. The highest BCUT2D eigenvalue weighted by Crippen LogP contribution is 2.16. The highest BCUT2D eigenvalue weighted by atomic mass is 35.5. The second kappa shape index (κ2) is 9.39. The number of carbonyl (C=O) groups excluding carboxylic acids is 1. The monoisotopic (exact) mass is 364 g/mol. The summed E-state index contributed by atoms with van der Waals surface area (Å²) in [7, 11) is 0. The first-order valence-electron chi connectivity index (χ1n) is 7.19. The summed E-state index contributed by atoms with van der Waals surface area (Å²) >= 11 is 0. The molecule has 0 spiro atoms. The summed E-state index contributed by atoms with van der Waals surface area (Å²) in [6.45, 7) is -1.48. The number of amides is 1. The van der Waals surface area contributed by atoms with Crippen LogP contribution in [0.3, 0.4) is 0 Å². The van der Waals surface area contributed by atoms with Crippen LogP contribution in [0.15, 0.2) is 24.3 Å². The molecule has 1 amide bonds. The van der Waals surface area contributed by atoms with Gasteiger partial charge in [0.2, 0.25) is 5.91 Å². The summed E-state index contributed by atoms with van der Waals surface area (Å²) < 4.78 is 28.3. The van der Waals surface area contributed by atoms with Crippen LogP contribution in [-0.4, -0.2) is 48.1 Å². The molecule has 2 rings (SSSR count). The molecule has 9 heteroatoms. The number of nitrogens with zero attached hydrogens (tertiary/aromatic N) is 1. The summed E-state index contributed by atoms with van der Waals surface area (Å²) in [6.07, 6.45) is 0.550. The van der Waals surface area contributed by atoms with E-state index in [0.29, 0.717) is 19.5 Å². The van der Waals surface area contributed by atoms with E-state index in [0.717, 1.165) is 5.56 Å². The van der Waals surface area contributed by atoms with Crippen molar-refractivity contribution in [2.45, 2.75) is 19.6 Å². The standard InChI is InChI=1S/C15H18F2N2O4.ClH/c16-15(17)23-12-3-1-10(2-4-12)7-18-13(20)9-19-6-5-11(8-19)14(21)22;/h1-4,11,15H,5-9H2,(H,18,20)(H,21,22);1H. The molecule has 0 aromatic heterocycles. The number of halogens is 3. The van der Waals surface area contributed by atoms with E-state index < -0.39 is 18.5 Å². The normalized spacial score (nSPS) is 17.4. The SMILES string of the molecule is Cl.O=C(CN1CCC(C(=O)O)C1)NCc1ccc(OC(F)F)cc1. The predicted molar refractivity (Wildman–Crippen MR) is 84.4 cm³/mol. The van der Waals surface area contributed by atoms with Crippen LogP contribution in [0.4, 0.5) is 8.78 Å².